The third-order valence-electron chi connectivity index (χ3n) is 6.69. The van der Waals surface area contributed by atoms with Crippen molar-refractivity contribution in [1.82, 2.24) is 19.8 Å². The Balaban J connectivity index is 1.41. The fraction of sp³-hybridized carbons (Fsp3) is 0.542. The van der Waals surface area contributed by atoms with Crippen molar-refractivity contribution in [2.75, 3.05) is 63.6 Å². The number of piperidine rings is 1. The number of carbonyl (C=O) groups excluding carboxylic acids is 1. The first kappa shape index (κ1) is 24.8. The highest BCUT2D eigenvalue weighted by Gasteiger charge is 2.30. The van der Waals surface area contributed by atoms with Crippen molar-refractivity contribution >= 4 is 40.9 Å². The van der Waals surface area contributed by atoms with Crippen molar-refractivity contribution in [3.05, 3.63) is 40.0 Å². The number of amides is 1. The maximum absolute atomic E-state index is 13.0. The maximum atomic E-state index is 13.0. The number of carbonyl (C=O) groups is 1. The highest BCUT2D eigenvalue weighted by Crippen LogP contribution is 2.32. The van der Waals surface area contributed by atoms with Crippen LogP contribution in [0.3, 0.4) is 0 Å². The third-order valence-corrected chi connectivity index (χ3v) is 7.25. The van der Waals surface area contributed by atoms with Gasteiger partial charge in [0.25, 0.3) is 0 Å². The fourth-order valence-electron chi connectivity index (χ4n) is 4.54. The molecule has 10 heteroatoms. The third kappa shape index (κ3) is 5.67. The summed E-state index contributed by atoms with van der Waals surface area (Å²) < 4.78 is 5.48. The van der Waals surface area contributed by atoms with Crippen molar-refractivity contribution in [1.29, 1.82) is 0 Å². The van der Waals surface area contributed by atoms with Gasteiger partial charge in [0.1, 0.15) is 0 Å². The van der Waals surface area contributed by atoms with E-state index in [0.29, 0.717) is 59.6 Å². The largest absolute Gasteiger partial charge is 0.491 e. The molecule has 2 fully saturated rings. The number of benzene rings is 1. The summed E-state index contributed by atoms with van der Waals surface area (Å²) in [7, 11) is 3.71. The smallest absolute Gasteiger partial charge is 0.227 e. The first-order valence-corrected chi connectivity index (χ1v) is 12.5. The molecule has 0 unspecified atom stereocenters. The summed E-state index contributed by atoms with van der Waals surface area (Å²) in [5.41, 5.74) is 0.911. The Bertz CT molecular complexity index is 1010. The zero-order valence-electron chi connectivity index (χ0n) is 19.9. The topological polar surface area (TPSA) is 73.8 Å². The molecule has 0 bridgehead atoms. The average molecular weight is 507 g/mol. The van der Waals surface area contributed by atoms with Crippen LogP contribution in [-0.4, -0.2) is 79.1 Å². The number of nitrogens with one attached hydrogen (secondary N) is 1. The van der Waals surface area contributed by atoms with E-state index >= 15 is 0 Å². The highest BCUT2D eigenvalue weighted by atomic mass is 35.5. The second-order valence-corrected chi connectivity index (χ2v) is 9.85. The standard InChI is InChI=1S/C24H32Cl2N6O2/c1-16(19-5-4-18(25)14-20(19)26)28-22-21(34-3)15-27-24(29-22)32-12-10-31(11-13-32)23(33)17-6-8-30(2)9-7-17/h4-5,14-17H,6-13H2,1-3H3,(H,27,28,29)/t16-/m1/s1. The van der Waals surface area contributed by atoms with Crippen LogP contribution in [0.4, 0.5) is 11.8 Å². The van der Waals surface area contributed by atoms with E-state index < -0.39 is 0 Å². The van der Waals surface area contributed by atoms with Gasteiger partial charge in [-0.05, 0) is 57.6 Å². The molecular formula is C24H32Cl2N6O2. The van der Waals surface area contributed by atoms with E-state index in [1.165, 1.54) is 0 Å². The minimum absolute atomic E-state index is 0.120. The van der Waals surface area contributed by atoms with Gasteiger partial charge in [-0.1, -0.05) is 29.3 Å². The van der Waals surface area contributed by atoms with E-state index in [4.69, 9.17) is 32.9 Å². The molecule has 3 heterocycles. The number of aromatic nitrogens is 2. The molecule has 2 aliphatic heterocycles. The van der Waals surface area contributed by atoms with Crippen LogP contribution in [-0.2, 0) is 4.79 Å². The summed E-state index contributed by atoms with van der Waals surface area (Å²) in [5.74, 6) is 2.20. The maximum Gasteiger partial charge on any atom is 0.227 e. The van der Waals surface area contributed by atoms with Gasteiger partial charge in [0.05, 0.1) is 19.3 Å². The molecule has 0 spiro atoms. The molecule has 1 amide bonds. The molecule has 0 radical (unpaired) electrons. The minimum Gasteiger partial charge on any atom is -0.491 e. The predicted octanol–water partition coefficient (Wildman–Crippen LogP) is 3.96. The normalized spacial score (nSPS) is 18.6. The molecule has 0 saturated carbocycles. The first-order chi connectivity index (χ1) is 16.4. The zero-order chi connectivity index (χ0) is 24.2. The molecule has 2 aromatic rings. The van der Waals surface area contributed by atoms with Crippen molar-refractivity contribution in [2.45, 2.75) is 25.8 Å². The van der Waals surface area contributed by atoms with Crippen LogP contribution in [0.2, 0.25) is 10.0 Å². The average Bonchev–Trinajstić information content (AvgIpc) is 2.84. The van der Waals surface area contributed by atoms with Crippen LogP contribution in [0.15, 0.2) is 24.4 Å². The van der Waals surface area contributed by atoms with E-state index in [9.17, 15) is 4.79 Å². The number of rotatable bonds is 6. The van der Waals surface area contributed by atoms with Gasteiger partial charge in [-0.15, -0.1) is 0 Å². The van der Waals surface area contributed by atoms with E-state index in [2.05, 4.69) is 27.1 Å². The number of nitrogens with zero attached hydrogens (tertiary/aromatic N) is 5. The van der Waals surface area contributed by atoms with Crippen molar-refractivity contribution in [3.63, 3.8) is 0 Å². The second kappa shape index (κ2) is 11.0. The van der Waals surface area contributed by atoms with Crippen molar-refractivity contribution < 1.29 is 9.53 Å². The SMILES string of the molecule is COc1cnc(N2CCN(C(=O)C3CCN(C)CC3)CC2)nc1N[C@H](C)c1ccc(Cl)cc1Cl. The lowest BCUT2D eigenvalue weighted by Gasteiger charge is -2.38. The van der Waals surface area contributed by atoms with Gasteiger partial charge in [-0.3, -0.25) is 4.79 Å². The van der Waals surface area contributed by atoms with Gasteiger partial charge in [-0.2, -0.15) is 4.98 Å². The van der Waals surface area contributed by atoms with Crippen LogP contribution >= 0.6 is 23.2 Å². The van der Waals surface area contributed by atoms with Crippen LogP contribution in [0, 0.1) is 5.92 Å². The Labute approximate surface area is 211 Å². The number of methoxy groups -OCH3 is 1. The molecule has 1 aromatic heterocycles. The number of halogens is 2. The van der Waals surface area contributed by atoms with E-state index in [-0.39, 0.29) is 12.0 Å². The molecule has 184 valence electrons. The number of anilines is 2. The molecular weight excluding hydrogens is 475 g/mol. The van der Waals surface area contributed by atoms with E-state index in [1.54, 1.807) is 19.4 Å². The quantitative estimate of drug-likeness (QED) is 0.635. The summed E-state index contributed by atoms with van der Waals surface area (Å²) in [6.45, 7) is 6.74. The predicted molar refractivity (Wildman–Crippen MR) is 136 cm³/mol. The number of hydrogen-bond donors (Lipinski definition) is 1. The Hall–Kier alpha value is -2.29. The fourth-order valence-corrected chi connectivity index (χ4v) is 5.11. The summed E-state index contributed by atoms with van der Waals surface area (Å²) in [4.78, 5) is 28.6. The molecule has 34 heavy (non-hydrogen) atoms. The molecule has 8 nitrogen and oxygen atoms in total. The lowest BCUT2D eigenvalue weighted by molar-refractivity contribution is -0.137. The van der Waals surface area contributed by atoms with Gasteiger partial charge in [0.2, 0.25) is 11.9 Å². The molecule has 0 aliphatic carbocycles. The number of hydrogen-bond acceptors (Lipinski definition) is 7. The monoisotopic (exact) mass is 506 g/mol. The van der Waals surface area contributed by atoms with Crippen LogP contribution in [0.1, 0.15) is 31.4 Å². The molecule has 1 N–H and O–H groups in total. The molecule has 4 rings (SSSR count). The summed E-state index contributed by atoms with van der Waals surface area (Å²) in [5, 5.41) is 4.58. The van der Waals surface area contributed by atoms with Crippen molar-refractivity contribution in [3.8, 4) is 5.75 Å². The highest BCUT2D eigenvalue weighted by molar-refractivity contribution is 6.35. The van der Waals surface area contributed by atoms with Crippen LogP contribution in [0.25, 0.3) is 0 Å². The van der Waals surface area contributed by atoms with Gasteiger partial charge in [-0.25, -0.2) is 4.98 Å². The number of piperazine rings is 1. The lowest BCUT2D eigenvalue weighted by atomic mass is 9.95. The Morgan fingerprint density at radius 2 is 1.85 bits per heavy atom. The molecule has 2 aliphatic rings. The Morgan fingerprint density at radius 1 is 1.15 bits per heavy atom. The van der Waals surface area contributed by atoms with Crippen LogP contribution in [0.5, 0.6) is 5.75 Å². The Kier molecular flexibility index (Phi) is 8.01. The van der Waals surface area contributed by atoms with Crippen molar-refractivity contribution in [2.24, 2.45) is 5.92 Å². The zero-order valence-corrected chi connectivity index (χ0v) is 21.4. The number of ether oxygens (including phenoxy) is 1. The van der Waals surface area contributed by atoms with Gasteiger partial charge < -0.3 is 24.8 Å². The summed E-state index contributed by atoms with van der Waals surface area (Å²) >= 11 is 12.4. The lowest BCUT2D eigenvalue weighted by Crippen LogP contribution is -2.51. The minimum atomic E-state index is -0.120. The number of likely N-dealkylation sites (tertiary alicyclic amines) is 1. The Morgan fingerprint density at radius 3 is 2.50 bits per heavy atom. The van der Waals surface area contributed by atoms with Gasteiger partial charge in [0, 0.05) is 42.1 Å². The molecule has 2 saturated heterocycles. The van der Waals surface area contributed by atoms with E-state index in [1.807, 2.05) is 24.0 Å². The summed E-state index contributed by atoms with van der Waals surface area (Å²) in [6.07, 6.45) is 3.57. The van der Waals surface area contributed by atoms with E-state index in [0.717, 1.165) is 31.5 Å². The summed E-state index contributed by atoms with van der Waals surface area (Å²) in [6, 6.07) is 5.32. The molecule has 1 aromatic carbocycles. The van der Waals surface area contributed by atoms with Gasteiger partial charge >= 0.3 is 0 Å². The van der Waals surface area contributed by atoms with Gasteiger partial charge in [0.15, 0.2) is 11.6 Å². The molecule has 1 atom stereocenters. The first-order valence-electron chi connectivity index (χ1n) is 11.7. The van der Waals surface area contributed by atoms with Crippen LogP contribution < -0.4 is 15.0 Å². The second-order valence-electron chi connectivity index (χ2n) is 9.01.